The summed E-state index contributed by atoms with van der Waals surface area (Å²) in [6.45, 7) is 0. The Bertz CT molecular complexity index is 285. The fourth-order valence-corrected chi connectivity index (χ4v) is 1.37. The molecule has 0 aromatic heterocycles. The molecule has 0 spiro atoms. The van der Waals surface area contributed by atoms with Crippen molar-refractivity contribution >= 4 is 11.6 Å². The van der Waals surface area contributed by atoms with E-state index in [4.69, 9.17) is 11.6 Å². The molecule has 0 amide bonds. The van der Waals surface area contributed by atoms with Crippen molar-refractivity contribution in [3.8, 4) is 0 Å². The van der Waals surface area contributed by atoms with Crippen molar-refractivity contribution in [2.24, 2.45) is 0 Å². The Hall–Kier alpha value is -0.750. The predicted octanol–water partition coefficient (Wildman–Crippen LogP) is 3.13. The molecule has 1 heteroatoms. The molecule has 1 aromatic carbocycles. The minimum Gasteiger partial charge on any atom is -0.0888 e. The van der Waals surface area contributed by atoms with Crippen LogP contribution in [0, 0.1) is 0 Å². The molecule has 0 bridgehead atoms. The fraction of sp³-hybridized carbons (Fsp3) is 0.200. The molecule has 0 aliphatic heterocycles. The molecule has 0 unspecified atom stereocenters. The molecular weight excluding hydrogens is 156 g/mol. The summed E-state index contributed by atoms with van der Waals surface area (Å²) in [6.07, 6.45) is 2.08. The number of benzene rings is 1. The lowest BCUT2D eigenvalue weighted by atomic mass is 10.1. The molecule has 0 saturated heterocycles. The zero-order valence-corrected chi connectivity index (χ0v) is 6.93. The lowest BCUT2D eigenvalue weighted by molar-refractivity contribution is 1.20. The standard InChI is InChI=1S/C10H9Cl/c11-10-7-9(10)6-8-4-2-1-3-5-8/h1-5H,6-7H2. The van der Waals surface area contributed by atoms with Gasteiger partial charge in [0.1, 0.15) is 0 Å². The molecule has 1 aliphatic rings. The second-order valence-corrected chi connectivity index (χ2v) is 3.30. The van der Waals surface area contributed by atoms with Crippen LogP contribution in [0.2, 0.25) is 0 Å². The zero-order chi connectivity index (χ0) is 7.68. The Balaban J connectivity index is 2.08. The number of hydrogen-bond donors (Lipinski definition) is 0. The lowest BCUT2D eigenvalue weighted by Crippen LogP contribution is -1.79. The normalized spacial score (nSPS) is 15.4. The SMILES string of the molecule is ClC1=C(Cc2ccccc2)C1. The van der Waals surface area contributed by atoms with Crippen LogP contribution in [-0.4, -0.2) is 0 Å². The third-order valence-electron chi connectivity index (χ3n) is 1.89. The zero-order valence-electron chi connectivity index (χ0n) is 6.18. The Labute approximate surface area is 71.5 Å². The van der Waals surface area contributed by atoms with E-state index in [0.717, 1.165) is 17.9 Å². The van der Waals surface area contributed by atoms with E-state index in [0.29, 0.717) is 0 Å². The van der Waals surface area contributed by atoms with E-state index in [9.17, 15) is 0 Å². The summed E-state index contributed by atoms with van der Waals surface area (Å²) in [6, 6.07) is 10.4. The predicted molar refractivity (Wildman–Crippen MR) is 47.6 cm³/mol. The fourth-order valence-electron chi connectivity index (χ4n) is 1.14. The third kappa shape index (κ3) is 1.63. The molecule has 2 rings (SSSR count). The van der Waals surface area contributed by atoms with Gasteiger partial charge in [0, 0.05) is 11.5 Å². The van der Waals surface area contributed by atoms with Gasteiger partial charge in [0.05, 0.1) is 0 Å². The highest BCUT2D eigenvalue weighted by Crippen LogP contribution is 2.36. The van der Waals surface area contributed by atoms with Crippen LogP contribution < -0.4 is 0 Å². The van der Waals surface area contributed by atoms with Crippen molar-refractivity contribution in [3.63, 3.8) is 0 Å². The molecule has 0 radical (unpaired) electrons. The maximum Gasteiger partial charge on any atom is 0.0221 e. The van der Waals surface area contributed by atoms with Crippen molar-refractivity contribution in [1.82, 2.24) is 0 Å². The van der Waals surface area contributed by atoms with Gasteiger partial charge in [-0.05, 0) is 17.6 Å². The number of hydrogen-bond acceptors (Lipinski definition) is 0. The minimum atomic E-state index is 1.04. The maximum absolute atomic E-state index is 5.78. The first-order valence-electron chi connectivity index (χ1n) is 3.76. The van der Waals surface area contributed by atoms with Crippen molar-refractivity contribution < 1.29 is 0 Å². The highest BCUT2D eigenvalue weighted by atomic mass is 35.5. The van der Waals surface area contributed by atoms with Gasteiger partial charge in [-0.3, -0.25) is 0 Å². The van der Waals surface area contributed by atoms with E-state index >= 15 is 0 Å². The van der Waals surface area contributed by atoms with Crippen LogP contribution in [0.15, 0.2) is 40.9 Å². The summed E-state index contributed by atoms with van der Waals surface area (Å²) in [5.74, 6) is 0. The van der Waals surface area contributed by atoms with Crippen LogP contribution in [0.25, 0.3) is 0 Å². The van der Waals surface area contributed by atoms with Crippen LogP contribution in [-0.2, 0) is 6.42 Å². The molecule has 0 saturated carbocycles. The van der Waals surface area contributed by atoms with Crippen LogP contribution in [0.4, 0.5) is 0 Å². The van der Waals surface area contributed by atoms with E-state index in [2.05, 4.69) is 24.3 Å². The Morgan fingerprint density at radius 1 is 1.18 bits per heavy atom. The monoisotopic (exact) mass is 164 g/mol. The highest BCUT2D eigenvalue weighted by molar-refractivity contribution is 6.32. The van der Waals surface area contributed by atoms with E-state index < -0.39 is 0 Å². The van der Waals surface area contributed by atoms with Crippen molar-refractivity contribution in [2.75, 3.05) is 0 Å². The van der Waals surface area contributed by atoms with Crippen LogP contribution >= 0.6 is 11.6 Å². The molecule has 0 N–H and O–H groups in total. The van der Waals surface area contributed by atoms with Gasteiger partial charge in [-0.15, -0.1) is 0 Å². The number of rotatable bonds is 2. The van der Waals surface area contributed by atoms with Crippen molar-refractivity contribution in [1.29, 1.82) is 0 Å². The van der Waals surface area contributed by atoms with Gasteiger partial charge >= 0.3 is 0 Å². The number of halogens is 1. The molecule has 11 heavy (non-hydrogen) atoms. The van der Waals surface area contributed by atoms with Crippen LogP contribution in [0.1, 0.15) is 12.0 Å². The average molecular weight is 165 g/mol. The average Bonchev–Trinajstić information content (AvgIpc) is 2.69. The molecule has 0 nitrogen and oxygen atoms in total. The lowest BCUT2D eigenvalue weighted by Gasteiger charge is -1.93. The van der Waals surface area contributed by atoms with Crippen molar-refractivity contribution in [2.45, 2.75) is 12.8 Å². The summed E-state index contributed by atoms with van der Waals surface area (Å²) in [5, 5.41) is 1.06. The smallest absolute Gasteiger partial charge is 0.0221 e. The van der Waals surface area contributed by atoms with Crippen LogP contribution in [0.5, 0.6) is 0 Å². The molecule has 0 heterocycles. The van der Waals surface area contributed by atoms with Gasteiger partial charge in [0.15, 0.2) is 0 Å². The first kappa shape index (κ1) is 6.93. The van der Waals surface area contributed by atoms with E-state index in [1.807, 2.05) is 6.07 Å². The Morgan fingerprint density at radius 3 is 2.36 bits per heavy atom. The molecular formula is C10H9Cl. The molecule has 1 aliphatic carbocycles. The van der Waals surface area contributed by atoms with E-state index in [-0.39, 0.29) is 0 Å². The summed E-state index contributed by atoms with van der Waals surface area (Å²) in [7, 11) is 0. The van der Waals surface area contributed by atoms with Gasteiger partial charge in [-0.1, -0.05) is 41.9 Å². The first-order valence-corrected chi connectivity index (χ1v) is 4.14. The van der Waals surface area contributed by atoms with E-state index in [1.165, 1.54) is 11.1 Å². The topological polar surface area (TPSA) is 0 Å². The van der Waals surface area contributed by atoms with Gasteiger partial charge in [-0.2, -0.15) is 0 Å². The largest absolute Gasteiger partial charge is 0.0888 e. The molecule has 0 fully saturated rings. The minimum absolute atomic E-state index is 1.04. The quantitative estimate of drug-likeness (QED) is 0.630. The summed E-state index contributed by atoms with van der Waals surface area (Å²) >= 11 is 5.78. The highest BCUT2D eigenvalue weighted by Gasteiger charge is 2.18. The van der Waals surface area contributed by atoms with Gasteiger partial charge in [-0.25, -0.2) is 0 Å². The van der Waals surface area contributed by atoms with Crippen molar-refractivity contribution in [3.05, 3.63) is 46.5 Å². The third-order valence-corrected chi connectivity index (χ3v) is 2.29. The van der Waals surface area contributed by atoms with Gasteiger partial charge < -0.3 is 0 Å². The molecule has 1 aromatic rings. The van der Waals surface area contributed by atoms with Gasteiger partial charge in [0.25, 0.3) is 0 Å². The second-order valence-electron chi connectivity index (χ2n) is 2.85. The summed E-state index contributed by atoms with van der Waals surface area (Å²) < 4.78 is 0. The number of allylic oxidation sites excluding steroid dienone is 2. The molecule has 0 atom stereocenters. The summed E-state index contributed by atoms with van der Waals surface area (Å²) in [5.41, 5.74) is 2.76. The van der Waals surface area contributed by atoms with E-state index in [1.54, 1.807) is 0 Å². The maximum atomic E-state index is 5.78. The molecule has 56 valence electrons. The van der Waals surface area contributed by atoms with Gasteiger partial charge in [0.2, 0.25) is 0 Å². The summed E-state index contributed by atoms with van der Waals surface area (Å²) in [4.78, 5) is 0. The Kier molecular flexibility index (Phi) is 1.71. The second kappa shape index (κ2) is 2.71. The Morgan fingerprint density at radius 2 is 1.82 bits per heavy atom. The first-order chi connectivity index (χ1) is 5.36. The van der Waals surface area contributed by atoms with Crippen LogP contribution in [0.3, 0.4) is 0 Å².